The molecule has 0 fully saturated rings. The topological polar surface area (TPSA) is 87.1 Å². The highest BCUT2D eigenvalue weighted by atomic mass is 35.5. The molecule has 0 aliphatic heterocycles. The van der Waals surface area contributed by atoms with Crippen molar-refractivity contribution in [2.24, 2.45) is 0 Å². The third kappa shape index (κ3) is 3.13. The molecule has 22 heavy (non-hydrogen) atoms. The molecule has 0 aliphatic rings. The van der Waals surface area contributed by atoms with Crippen LogP contribution in [-0.4, -0.2) is 15.2 Å². The van der Waals surface area contributed by atoms with Crippen LogP contribution in [0, 0.1) is 0 Å². The van der Waals surface area contributed by atoms with E-state index in [1.54, 1.807) is 24.5 Å². The number of hydrogen-bond acceptors (Lipinski definition) is 6. The summed E-state index contributed by atoms with van der Waals surface area (Å²) < 4.78 is 10.8. The van der Waals surface area contributed by atoms with E-state index < -0.39 is 0 Å². The van der Waals surface area contributed by atoms with Crippen molar-refractivity contribution in [1.82, 2.24) is 15.2 Å². The summed E-state index contributed by atoms with van der Waals surface area (Å²) in [6.07, 6.45) is 3.39. The van der Waals surface area contributed by atoms with E-state index in [0.717, 1.165) is 5.56 Å². The number of ether oxygens (including phenoxy) is 1. The molecule has 0 radical (unpaired) electrons. The molecule has 0 aliphatic carbocycles. The minimum absolute atomic E-state index is 0.0286. The minimum atomic E-state index is -0.0286. The van der Waals surface area contributed by atoms with Crippen molar-refractivity contribution >= 4 is 29.2 Å². The van der Waals surface area contributed by atoms with Gasteiger partial charge in [0.15, 0.2) is 5.75 Å². The van der Waals surface area contributed by atoms with E-state index in [0.29, 0.717) is 28.0 Å². The van der Waals surface area contributed by atoms with Crippen molar-refractivity contribution in [2.45, 2.75) is 6.61 Å². The van der Waals surface area contributed by atoms with Gasteiger partial charge >= 0.3 is 6.01 Å². The largest absolute Gasteiger partial charge is 0.486 e. The Morgan fingerprint density at radius 3 is 2.55 bits per heavy atom. The number of hydrogen-bond donors (Lipinski definition) is 1. The summed E-state index contributed by atoms with van der Waals surface area (Å²) in [7, 11) is 0. The van der Waals surface area contributed by atoms with Gasteiger partial charge in [0, 0.05) is 23.5 Å². The van der Waals surface area contributed by atoms with Crippen LogP contribution < -0.4 is 10.5 Å². The van der Waals surface area contributed by atoms with Gasteiger partial charge in [0.2, 0.25) is 5.89 Å². The number of aromatic nitrogens is 3. The fourth-order valence-corrected chi connectivity index (χ4v) is 2.41. The molecule has 3 rings (SSSR count). The van der Waals surface area contributed by atoms with Crippen LogP contribution in [0.3, 0.4) is 0 Å². The third-order valence-electron chi connectivity index (χ3n) is 2.79. The van der Waals surface area contributed by atoms with Gasteiger partial charge in [-0.1, -0.05) is 34.4 Å². The zero-order valence-corrected chi connectivity index (χ0v) is 12.7. The maximum absolute atomic E-state index is 6.21. The Hall–Kier alpha value is -2.31. The summed E-state index contributed by atoms with van der Waals surface area (Å²) in [6, 6.07) is 6.94. The normalized spacial score (nSPS) is 10.6. The molecular weight excluding hydrogens is 327 g/mol. The summed E-state index contributed by atoms with van der Waals surface area (Å²) in [5.41, 5.74) is 6.87. The Morgan fingerprint density at radius 2 is 1.95 bits per heavy atom. The number of pyridine rings is 1. The first-order valence-corrected chi connectivity index (χ1v) is 6.99. The summed E-state index contributed by atoms with van der Waals surface area (Å²) >= 11 is 12.4. The standard InChI is InChI=1S/C14H10Cl2N4O2/c15-10-4-9(13-19-20-14(17)22-13)5-11(16)12(10)21-7-8-2-1-3-18-6-8/h1-6H,7H2,(H2,17,20). The predicted octanol–water partition coefficient (Wildman–Crippen LogP) is 3.60. The van der Waals surface area contributed by atoms with Gasteiger partial charge in [-0.2, -0.15) is 0 Å². The molecule has 0 amide bonds. The van der Waals surface area contributed by atoms with Gasteiger partial charge in [-0.15, -0.1) is 5.10 Å². The van der Waals surface area contributed by atoms with E-state index in [1.807, 2.05) is 12.1 Å². The van der Waals surface area contributed by atoms with Gasteiger partial charge in [-0.3, -0.25) is 4.98 Å². The molecule has 0 bridgehead atoms. The van der Waals surface area contributed by atoms with Crippen molar-refractivity contribution in [2.75, 3.05) is 5.73 Å². The van der Waals surface area contributed by atoms with E-state index in [9.17, 15) is 0 Å². The first-order valence-electron chi connectivity index (χ1n) is 6.23. The number of anilines is 1. The van der Waals surface area contributed by atoms with Crippen LogP contribution in [0.2, 0.25) is 10.0 Å². The van der Waals surface area contributed by atoms with Crippen LogP contribution in [0.1, 0.15) is 5.56 Å². The van der Waals surface area contributed by atoms with E-state index >= 15 is 0 Å². The highest BCUT2D eigenvalue weighted by Crippen LogP contribution is 2.37. The van der Waals surface area contributed by atoms with Crippen molar-refractivity contribution in [1.29, 1.82) is 0 Å². The van der Waals surface area contributed by atoms with Gasteiger partial charge < -0.3 is 14.9 Å². The average Bonchev–Trinajstić information content (AvgIpc) is 2.94. The number of nitrogens with zero attached hydrogens (tertiary/aromatic N) is 3. The smallest absolute Gasteiger partial charge is 0.313 e. The van der Waals surface area contributed by atoms with Gasteiger partial charge in [-0.25, -0.2) is 0 Å². The lowest BCUT2D eigenvalue weighted by Crippen LogP contribution is -1.97. The fourth-order valence-electron chi connectivity index (χ4n) is 1.81. The van der Waals surface area contributed by atoms with Crippen LogP contribution in [0.25, 0.3) is 11.5 Å². The second-order valence-electron chi connectivity index (χ2n) is 4.36. The van der Waals surface area contributed by atoms with E-state index in [4.69, 9.17) is 38.1 Å². The summed E-state index contributed by atoms with van der Waals surface area (Å²) in [6.45, 7) is 0.306. The zero-order valence-electron chi connectivity index (χ0n) is 11.2. The number of halogens is 2. The molecular formula is C14H10Cl2N4O2. The Balaban J connectivity index is 1.84. The molecule has 0 unspecified atom stereocenters. The molecule has 0 saturated heterocycles. The summed E-state index contributed by atoms with van der Waals surface area (Å²) in [5, 5.41) is 8.04. The van der Waals surface area contributed by atoms with Crippen LogP contribution in [0.15, 0.2) is 41.1 Å². The zero-order chi connectivity index (χ0) is 15.5. The first kappa shape index (κ1) is 14.6. The Labute approximate surface area is 135 Å². The van der Waals surface area contributed by atoms with Crippen molar-refractivity contribution in [3.8, 4) is 17.2 Å². The second-order valence-corrected chi connectivity index (χ2v) is 5.18. The molecule has 3 aromatic rings. The molecule has 0 spiro atoms. The first-order chi connectivity index (χ1) is 10.6. The van der Waals surface area contributed by atoms with Gasteiger partial charge in [-0.05, 0) is 18.2 Å². The highest BCUT2D eigenvalue weighted by Gasteiger charge is 2.14. The predicted molar refractivity (Wildman–Crippen MR) is 82.7 cm³/mol. The van der Waals surface area contributed by atoms with Crippen LogP contribution in [0.4, 0.5) is 6.01 Å². The van der Waals surface area contributed by atoms with Crippen molar-refractivity contribution in [3.63, 3.8) is 0 Å². The molecule has 2 N–H and O–H groups in total. The molecule has 0 saturated carbocycles. The molecule has 6 nitrogen and oxygen atoms in total. The summed E-state index contributed by atoms with van der Waals surface area (Å²) in [5.74, 6) is 0.614. The number of nitrogen functional groups attached to an aromatic ring is 1. The molecule has 2 aromatic heterocycles. The number of benzene rings is 1. The van der Waals surface area contributed by atoms with E-state index in [1.165, 1.54) is 0 Å². The highest BCUT2D eigenvalue weighted by molar-refractivity contribution is 6.37. The lowest BCUT2D eigenvalue weighted by molar-refractivity contribution is 0.306. The minimum Gasteiger partial charge on any atom is -0.486 e. The van der Waals surface area contributed by atoms with Gasteiger partial charge in [0.05, 0.1) is 10.0 Å². The molecule has 112 valence electrons. The van der Waals surface area contributed by atoms with Crippen molar-refractivity contribution < 1.29 is 9.15 Å². The maximum atomic E-state index is 6.21. The van der Waals surface area contributed by atoms with Crippen LogP contribution in [-0.2, 0) is 6.61 Å². The Morgan fingerprint density at radius 1 is 1.18 bits per heavy atom. The average molecular weight is 337 g/mol. The Bertz CT molecular complexity index is 770. The van der Waals surface area contributed by atoms with Crippen LogP contribution >= 0.6 is 23.2 Å². The second kappa shape index (κ2) is 6.21. The van der Waals surface area contributed by atoms with E-state index in [2.05, 4.69) is 15.2 Å². The van der Waals surface area contributed by atoms with Gasteiger partial charge in [0.25, 0.3) is 0 Å². The van der Waals surface area contributed by atoms with E-state index in [-0.39, 0.29) is 11.9 Å². The quantitative estimate of drug-likeness (QED) is 0.783. The molecule has 2 heterocycles. The lowest BCUT2D eigenvalue weighted by Gasteiger charge is -2.10. The lowest BCUT2D eigenvalue weighted by atomic mass is 10.2. The number of nitrogens with two attached hydrogens (primary N) is 1. The fraction of sp³-hybridized carbons (Fsp3) is 0.0714. The van der Waals surface area contributed by atoms with Crippen molar-refractivity contribution in [3.05, 3.63) is 52.3 Å². The number of rotatable bonds is 4. The monoisotopic (exact) mass is 336 g/mol. The SMILES string of the molecule is Nc1nnc(-c2cc(Cl)c(OCc3cccnc3)c(Cl)c2)o1. The maximum Gasteiger partial charge on any atom is 0.313 e. The third-order valence-corrected chi connectivity index (χ3v) is 3.35. The summed E-state index contributed by atoms with van der Waals surface area (Å²) in [4.78, 5) is 4.01. The molecule has 8 heteroatoms. The van der Waals surface area contributed by atoms with Gasteiger partial charge in [0.1, 0.15) is 6.61 Å². The molecule has 1 aromatic carbocycles. The molecule has 0 atom stereocenters. The Kier molecular flexibility index (Phi) is 4.13. The van der Waals surface area contributed by atoms with Crippen LogP contribution in [0.5, 0.6) is 5.75 Å².